The molecule has 0 fully saturated rings. The minimum Gasteiger partial charge on any atom is -0.497 e. The van der Waals surface area contributed by atoms with E-state index in [9.17, 15) is 4.79 Å². The predicted octanol–water partition coefficient (Wildman–Crippen LogP) is 3.23. The lowest BCUT2D eigenvalue weighted by atomic mass is 9.89. The first-order valence-corrected chi connectivity index (χ1v) is 8.35. The molecule has 0 heterocycles. The lowest BCUT2D eigenvalue weighted by Crippen LogP contribution is -2.25. The largest absolute Gasteiger partial charge is 0.497 e. The van der Waals surface area contributed by atoms with Crippen molar-refractivity contribution in [2.75, 3.05) is 13.7 Å². The molecule has 0 saturated heterocycles. The average molecular weight is 342 g/mol. The van der Waals surface area contributed by atoms with Crippen molar-refractivity contribution in [1.82, 2.24) is 0 Å². The second-order valence-corrected chi connectivity index (χ2v) is 6.14. The number of ether oxygens (including phenoxy) is 3. The summed E-state index contributed by atoms with van der Waals surface area (Å²) in [5.41, 5.74) is 3.54. The molecule has 0 spiro atoms. The molecule has 1 unspecified atom stereocenters. The van der Waals surface area contributed by atoms with Gasteiger partial charge in [0.15, 0.2) is 0 Å². The SMILES string of the molecule is COc1ccc(COc2ccc3c(c2)CCC(OCC(=O)O)C3)cc1. The normalized spacial score (nSPS) is 16.1. The Morgan fingerprint density at radius 2 is 1.88 bits per heavy atom. The lowest BCUT2D eigenvalue weighted by Gasteiger charge is -2.24. The summed E-state index contributed by atoms with van der Waals surface area (Å²) in [7, 11) is 1.65. The maximum Gasteiger partial charge on any atom is 0.329 e. The highest BCUT2D eigenvalue weighted by Gasteiger charge is 2.20. The highest BCUT2D eigenvalue weighted by Crippen LogP contribution is 2.27. The minimum atomic E-state index is -0.923. The Kier molecular flexibility index (Phi) is 5.56. The summed E-state index contributed by atoms with van der Waals surface area (Å²) >= 11 is 0. The van der Waals surface area contributed by atoms with Crippen LogP contribution in [0, 0.1) is 0 Å². The maximum absolute atomic E-state index is 10.6. The number of hydrogen-bond donors (Lipinski definition) is 1. The van der Waals surface area contributed by atoms with Crippen molar-refractivity contribution in [3.8, 4) is 11.5 Å². The van der Waals surface area contributed by atoms with E-state index in [1.54, 1.807) is 7.11 Å². The van der Waals surface area contributed by atoms with E-state index >= 15 is 0 Å². The van der Waals surface area contributed by atoms with Gasteiger partial charge in [-0.2, -0.15) is 0 Å². The fraction of sp³-hybridized carbons (Fsp3) is 0.350. The zero-order valence-electron chi connectivity index (χ0n) is 14.2. The van der Waals surface area contributed by atoms with Gasteiger partial charge in [0.05, 0.1) is 13.2 Å². The molecule has 132 valence electrons. The van der Waals surface area contributed by atoms with Crippen LogP contribution in [0.5, 0.6) is 11.5 Å². The molecule has 1 atom stereocenters. The molecule has 0 bridgehead atoms. The summed E-state index contributed by atoms with van der Waals surface area (Å²) in [4.78, 5) is 10.6. The van der Waals surface area contributed by atoms with E-state index in [1.807, 2.05) is 30.3 Å². The second kappa shape index (κ2) is 8.03. The number of methoxy groups -OCH3 is 1. The van der Waals surface area contributed by atoms with E-state index in [0.29, 0.717) is 6.61 Å². The Morgan fingerprint density at radius 1 is 1.12 bits per heavy atom. The molecule has 0 aliphatic heterocycles. The van der Waals surface area contributed by atoms with E-state index in [-0.39, 0.29) is 12.7 Å². The van der Waals surface area contributed by atoms with E-state index < -0.39 is 5.97 Å². The molecule has 0 radical (unpaired) electrons. The molecular formula is C20H22O5. The van der Waals surface area contributed by atoms with Gasteiger partial charge in [0.1, 0.15) is 24.7 Å². The Labute approximate surface area is 147 Å². The van der Waals surface area contributed by atoms with E-state index in [2.05, 4.69) is 12.1 Å². The molecule has 1 aliphatic rings. The van der Waals surface area contributed by atoms with Gasteiger partial charge in [-0.15, -0.1) is 0 Å². The zero-order valence-corrected chi connectivity index (χ0v) is 14.2. The molecule has 0 saturated carbocycles. The zero-order chi connectivity index (χ0) is 17.6. The quantitative estimate of drug-likeness (QED) is 0.837. The summed E-state index contributed by atoms with van der Waals surface area (Å²) in [5, 5.41) is 8.71. The topological polar surface area (TPSA) is 65.0 Å². The van der Waals surface area contributed by atoms with Crippen molar-refractivity contribution in [2.24, 2.45) is 0 Å². The number of carbonyl (C=O) groups is 1. The van der Waals surface area contributed by atoms with Gasteiger partial charge in [-0.1, -0.05) is 18.2 Å². The summed E-state index contributed by atoms with van der Waals surface area (Å²) in [5.74, 6) is 0.754. The summed E-state index contributed by atoms with van der Waals surface area (Å²) in [6.45, 7) is 0.274. The van der Waals surface area contributed by atoms with Gasteiger partial charge in [0.2, 0.25) is 0 Å². The fourth-order valence-corrected chi connectivity index (χ4v) is 3.01. The third kappa shape index (κ3) is 4.73. The van der Waals surface area contributed by atoms with Crippen molar-refractivity contribution in [2.45, 2.75) is 32.0 Å². The van der Waals surface area contributed by atoms with E-state index in [1.165, 1.54) is 11.1 Å². The number of aryl methyl sites for hydroxylation is 1. The summed E-state index contributed by atoms with van der Waals surface area (Å²) < 4.78 is 16.5. The van der Waals surface area contributed by atoms with Crippen molar-refractivity contribution >= 4 is 5.97 Å². The molecule has 5 heteroatoms. The molecule has 0 aromatic heterocycles. The Hall–Kier alpha value is -2.53. The summed E-state index contributed by atoms with van der Waals surface area (Å²) in [6, 6.07) is 13.9. The molecular weight excluding hydrogens is 320 g/mol. The molecule has 1 N–H and O–H groups in total. The van der Waals surface area contributed by atoms with E-state index in [4.69, 9.17) is 19.3 Å². The van der Waals surface area contributed by atoms with Crippen LogP contribution in [-0.4, -0.2) is 30.9 Å². The van der Waals surface area contributed by atoms with Crippen LogP contribution in [0.25, 0.3) is 0 Å². The molecule has 2 aromatic rings. The predicted molar refractivity (Wildman–Crippen MR) is 93.2 cm³/mol. The van der Waals surface area contributed by atoms with Crippen LogP contribution in [0.4, 0.5) is 0 Å². The molecule has 1 aliphatic carbocycles. The van der Waals surface area contributed by atoms with Crippen LogP contribution < -0.4 is 9.47 Å². The van der Waals surface area contributed by atoms with Crippen LogP contribution in [0.3, 0.4) is 0 Å². The smallest absolute Gasteiger partial charge is 0.329 e. The molecule has 5 nitrogen and oxygen atoms in total. The molecule has 0 amide bonds. The van der Waals surface area contributed by atoms with Crippen LogP contribution in [0.15, 0.2) is 42.5 Å². The second-order valence-electron chi connectivity index (χ2n) is 6.14. The fourth-order valence-electron chi connectivity index (χ4n) is 3.01. The van der Waals surface area contributed by atoms with Crippen LogP contribution in [0.1, 0.15) is 23.1 Å². The number of carboxylic acid groups (broad SMARTS) is 1. The third-order valence-electron chi connectivity index (χ3n) is 4.37. The number of benzene rings is 2. The van der Waals surface area contributed by atoms with Gasteiger partial charge in [-0.25, -0.2) is 4.79 Å². The Balaban J connectivity index is 1.57. The Morgan fingerprint density at radius 3 is 2.60 bits per heavy atom. The van der Waals surface area contributed by atoms with Gasteiger partial charge in [0, 0.05) is 0 Å². The minimum absolute atomic E-state index is 0.0188. The first kappa shape index (κ1) is 17.3. The van der Waals surface area contributed by atoms with Gasteiger partial charge < -0.3 is 19.3 Å². The van der Waals surface area contributed by atoms with Crippen molar-refractivity contribution < 1.29 is 24.1 Å². The molecule has 3 rings (SSSR count). The number of hydrogen-bond acceptors (Lipinski definition) is 4. The first-order chi connectivity index (χ1) is 12.1. The maximum atomic E-state index is 10.6. The Bertz CT molecular complexity index is 723. The highest BCUT2D eigenvalue weighted by molar-refractivity contribution is 5.68. The lowest BCUT2D eigenvalue weighted by molar-refractivity contribution is -0.144. The van der Waals surface area contributed by atoms with Crippen LogP contribution in [0.2, 0.25) is 0 Å². The first-order valence-electron chi connectivity index (χ1n) is 8.35. The monoisotopic (exact) mass is 342 g/mol. The van der Waals surface area contributed by atoms with Crippen molar-refractivity contribution in [3.05, 3.63) is 59.2 Å². The van der Waals surface area contributed by atoms with Gasteiger partial charge in [-0.3, -0.25) is 0 Å². The standard InChI is InChI=1S/C20H22O5/c1-23-17-6-2-14(3-7-17)12-24-18-8-4-16-11-19(25-13-20(21)22)9-5-15(16)10-18/h2-4,6-8,10,19H,5,9,11-13H2,1H3,(H,21,22). The third-order valence-corrected chi connectivity index (χ3v) is 4.37. The molecule has 25 heavy (non-hydrogen) atoms. The van der Waals surface area contributed by atoms with Crippen molar-refractivity contribution in [3.63, 3.8) is 0 Å². The van der Waals surface area contributed by atoms with E-state index in [0.717, 1.165) is 36.3 Å². The number of rotatable bonds is 7. The number of fused-ring (bicyclic) bond motifs is 1. The summed E-state index contributed by atoms with van der Waals surface area (Å²) in [6.07, 6.45) is 2.44. The average Bonchev–Trinajstić information content (AvgIpc) is 2.64. The number of carboxylic acids is 1. The highest BCUT2D eigenvalue weighted by atomic mass is 16.5. The number of aliphatic carboxylic acids is 1. The van der Waals surface area contributed by atoms with Gasteiger partial charge >= 0.3 is 5.97 Å². The van der Waals surface area contributed by atoms with Crippen LogP contribution in [-0.2, 0) is 29.0 Å². The molecule has 2 aromatic carbocycles. The van der Waals surface area contributed by atoms with Crippen LogP contribution >= 0.6 is 0 Å². The van der Waals surface area contributed by atoms with Gasteiger partial charge in [0.25, 0.3) is 0 Å². The van der Waals surface area contributed by atoms with Gasteiger partial charge in [-0.05, 0) is 60.2 Å². The van der Waals surface area contributed by atoms with Crippen molar-refractivity contribution in [1.29, 1.82) is 0 Å².